The molecule has 0 spiro atoms. The lowest BCUT2D eigenvalue weighted by atomic mass is 9.74. The normalized spacial score (nSPS) is 25.7. The molecule has 0 radical (unpaired) electrons. The van der Waals surface area contributed by atoms with Gasteiger partial charge in [-0.1, -0.05) is 12.1 Å². The molecule has 0 aliphatic carbocycles. The molecule has 4 N–H and O–H groups in total. The molecule has 4 rings (SSSR count). The van der Waals surface area contributed by atoms with Crippen LogP contribution in [0, 0.1) is 17.2 Å². The zero-order valence-corrected chi connectivity index (χ0v) is 16.3. The summed E-state index contributed by atoms with van der Waals surface area (Å²) in [5.74, 6) is 1.09. The average molecular weight is 393 g/mol. The van der Waals surface area contributed by atoms with Crippen molar-refractivity contribution in [2.45, 2.75) is 25.1 Å². The van der Waals surface area contributed by atoms with Crippen LogP contribution in [0.4, 0.5) is 0 Å². The van der Waals surface area contributed by atoms with Gasteiger partial charge in [0.1, 0.15) is 6.07 Å². The molecule has 2 aromatic rings. The second-order valence-corrected chi connectivity index (χ2v) is 6.88. The van der Waals surface area contributed by atoms with Gasteiger partial charge in [0.05, 0.1) is 25.3 Å². The number of hydrogen-bond acceptors (Lipinski definition) is 8. The van der Waals surface area contributed by atoms with E-state index in [1.54, 1.807) is 19.5 Å². The third-order valence-electron chi connectivity index (χ3n) is 5.34. The van der Waals surface area contributed by atoms with Gasteiger partial charge in [0.2, 0.25) is 5.88 Å². The molecule has 1 saturated heterocycles. The van der Waals surface area contributed by atoms with Crippen molar-refractivity contribution in [2.24, 2.45) is 11.7 Å². The Morgan fingerprint density at radius 2 is 2.10 bits per heavy atom. The van der Waals surface area contributed by atoms with E-state index < -0.39 is 0 Å². The van der Waals surface area contributed by atoms with Crippen LogP contribution in [-0.2, 0) is 4.74 Å². The van der Waals surface area contributed by atoms with Crippen LogP contribution in [0.2, 0.25) is 0 Å². The standard InChI is InChI=1S/C21H23N5O3/c1-3-28-15-7-6-12(9-16(15)27-2)19-18-17(13-5-4-8-24-11-13)14(10-22)20(23)29-21(18)26-25-19/h4-9,11,17-19,21,25-26H,3,23H2,1-2H3. The van der Waals surface area contributed by atoms with E-state index in [4.69, 9.17) is 19.9 Å². The van der Waals surface area contributed by atoms with E-state index in [9.17, 15) is 5.26 Å². The molecule has 1 aromatic heterocycles. The number of nitrogens with one attached hydrogen (secondary N) is 2. The van der Waals surface area contributed by atoms with Crippen LogP contribution in [-0.4, -0.2) is 24.9 Å². The Kier molecular flexibility index (Phi) is 5.25. The highest BCUT2D eigenvalue weighted by Crippen LogP contribution is 2.47. The van der Waals surface area contributed by atoms with Gasteiger partial charge >= 0.3 is 0 Å². The van der Waals surface area contributed by atoms with Crippen LogP contribution in [0.3, 0.4) is 0 Å². The summed E-state index contributed by atoms with van der Waals surface area (Å²) >= 11 is 0. The molecule has 0 bridgehead atoms. The lowest BCUT2D eigenvalue weighted by Crippen LogP contribution is -2.41. The predicted molar refractivity (Wildman–Crippen MR) is 105 cm³/mol. The first-order valence-corrected chi connectivity index (χ1v) is 9.46. The fourth-order valence-electron chi connectivity index (χ4n) is 4.09. The molecule has 1 fully saturated rings. The number of methoxy groups -OCH3 is 1. The topological polar surface area (TPSA) is 114 Å². The molecule has 1 aromatic carbocycles. The Labute approximate surface area is 169 Å². The molecular weight excluding hydrogens is 370 g/mol. The molecule has 2 aliphatic heterocycles. The fourth-order valence-corrected chi connectivity index (χ4v) is 4.09. The van der Waals surface area contributed by atoms with E-state index in [1.165, 1.54) is 0 Å². The summed E-state index contributed by atoms with van der Waals surface area (Å²) in [5.41, 5.74) is 14.8. The van der Waals surface area contributed by atoms with Gasteiger partial charge in [-0.15, -0.1) is 0 Å². The van der Waals surface area contributed by atoms with E-state index >= 15 is 0 Å². The van der Waals surface area contributed by atoms with Gasteiger partial charge in [0.25, 0.3) is 0 Å². The maximum absolute atomic E-state index is 9.78. The van der Waals surface area contributed by atoms with E-state index in [2.05, 4.69) is 21.9 Å². The Morgan fingerprint density at radius 1 is 1.24 bits per heavy atom. The van der Waals surface area contributed by atoms with Crippen molar-refractivity contribution >= 4 is 0 Å². The first-order chi connectivity index (χ1) is 14.2. The molecule has 8 heteroatoms. The highest BCUT2D eigenvalue weighted by atomic mass is 16.5. The molecule has 150 valence electrons. The molecule has 0 amide bonds. The van der Waals surface area contributed by atoms with Gasteiger partial charge in [0, 0.05) is 24.2 Å². The van der Waals surface area contributed by atoms with E-state index in [0.29, 0.717) is 23.7 Å². The van der Waals surface area contributed by atoms with Crippen molar-refractivity contribution in [3.63, 3.8) is 0 Å². The lowest BCUT2D eigenvalue weighted by Gasteiger charge is -2.35. The summed E-state index contributed by atoms with van der Waals surface area (Å²) in [5, 5.41) is 9.78. The fraction of sp³-hybridized carbons (Fsp3) is 0.333. The van der Waals surface area contributed by atoms with Gasteiger partial charge in [-0.25, -0.2) is 10.9 Å². The molecule has 8 nitrogen and oxygen atoms in total. The second-order valence-electron chi connectivity index (χ2n) is 6.88. The van der Waals surface area contributed by atoms with Crippen molar-refractivity contribution in [3.8, 4) is 17.6 Å². The average Bonchev–Trinajstić information content (AvgIpc) is 3.17. The van der Waals surface area contributed by atoms with Crippen molar-refractivity contribution in [2.75, 3.05) is 13.7 Å². The van der Waals surface area contributed by atoms with Crippen LogP contribution in [0.25, 0.3) is 0 Å². The van der Waals surface area contributed by atoms with Gasteiger partial charge in [-0.05, 0) is 36.2 Å². The number of hydrogen-bond donors (Lipinski definition) is 3. The van der Waals surface area contributed by atoms with Crippen molar-refractivity contribution < 1.29 is 14.2 Å². The minimum atomic E-state index is -0.389. The zero-order chi connectivity index (χ0) is 20.4. The van der Waals surface area contributed by atoms with E-state index in [0.717, 1.165) is 11.1 Å². The summed E-state index contributed by atoms with van der Waals surface area (Å²) in [6.45, 7) is 2.48. The summed E-state index contributed by atoms with van der Waals surface area (Å²) in [4.78, 5) is 4.23. The smallest absolute Gasteiger partial charge is 0.200 e. The molecule has 29 heavy (non-hydrogen) atoms. The summed E-state index contributed by atoms with van der Waals surface area (Å²) in [7, 11) is 1.62. The van der Waals surface area contributed by atoms with Crippen LogP contribution < -0.4 is 26.1 Å². The van der Waals surface area contributed by atoms with Gasteiger partial charge < -0.3 is 19.9 Å². The molecule has 2 aliphatic rings. The molecule has 4 unspecified atom stereocenters. The highest BCUT2D eigenvalue weighted by Gasteiger charge is 2.49. The van der Waals surface area contributed by atoms with Gasteiger partial charge in [-0.3, -0.25) is 4.98 Å². The Bertz CT molecular complexity index is 957. The first kappa shape index (κ1) is 19.1. The lowest BCUT2D eigenvalue weighted by molar-refractivity contribution is 0.0340. The number of hydrazine groups is 1. The molecule has 0 saturated carbocycles. The summed E-state index contributed by atoms with van der Waals surface area (Å²) < 4.78 is 17.0. The minimum absolute atomic E-state index is 0.121. The zero-order valence-electron chi connectivity index (χ0n) is 16.3. The molecule has 3 heterocycles. The predicted octanol–water partition coefficient (Wildman–Crippen LogP) is 2.09. The van der Waals surface area contributed by atoms with Crippen molar-refractivity contribution in [1.29, 1.82) is 5.26 Å². The number of nitrogens with zero attached hydrogens (tertiary/aromatic N) is 2. The summed E-state index contributed by atoms with van der Waals surface area (Å²) in [6.07, 6.45) is 3.09. The monoisotopic (exact) mass is 393 g/mol. The molecular formula is C21H23N5O3. The number of allylic oxidation sites excluding steroid dienone is 1. The maximum Gasteiger partial charge on any atom is 0.200 e. The Hall–Kier alpha value is -3.28. The number of fused-ring (bicyclic) bond motifs is 1. The van der Waals surface area contributed by atoms with Crippen LogP contribution in [0.5, 0.6) is 11.5 Å². The van der Waals surface area contributed by atoms with Gasteiger partial charge in [0.15, 0.2) is 17.7 Å². The summed E-state index contributed by atoms with van der Waals surface area (Å²) in [6, 6.07) is 11.7. The number of nitrogens with two attached hydrogens (primary N) is 1. The Morgan fingerprint density at radius 3 is 2.79 bits per heavy atom. The first-order valence-electron chi connectivity index (χ1n) is 9.46. The number of ether oxygens (including phenoxy) is 3. The number of pyridine rings is 1. The number of benzene rings is 1. The molecule has 4 atom stereocenters. The second kappa shape index (κ2) is 7.99. The third kappa shape index (κ3) is 3.35. The number of rotatable bonds is 5. The quantitative estimate of drug-likeness (QED) is 0.707. The largest absolute Gasteiger partial charge is 0.493 e. The van der Waals surface area contributed by atoms with E-state index in [1.807, 2.05) is 37.3 Å². The van der Waals surface area contributed by atoms with Crippen LogP contribution >= 0.6 is 0 Å². The Balaban J connectivity index is 1.77. The van der Waals surface area contributed by atoms with E-state index in [-0.39, 0.29) is 30.0 Å². The van der Waals surface area contributed by atoms with Gasteiger partial charge in [-0.2, -0.15) is 5.26 Å². The number of aromatic nitrogens is 1. The van der Waals surface area contributed by atoms with Crippen LogP contribution in [0.15, 0.2) is 54.2 Å². The SMILES string of the molecule is CCOc1ccc(C2NNC3OC(N)=C(C#N)C(c4cccnc4)C32)cc1OC. The number of nitriles is 1. The third-order valence-corrected chi connectivity index (χ3v) is 5.34. The maximum atomic E-state index is 9.78. The minimum Gasteiger partial charge on any atom is -0.493 e. The van der Waals surface area contributed by atoms with Crippen molar-refractivity contribution in [3.05, 3.63) is 65.3 Å². The highest BCUT2D eigenvalue weighted by molar-refractivity contribution is 5.46. The van der Waals surface area contributed by atoms with Crippen molar-refractivity contribution in [1.82, 2.24) is 15.8 Å². The van der Waals surface area contributed by atoms with Crippen LogP contribution in [0.1, 0.15) is 30.0 Å².